The van der Waals surface area contributed by atoms with E-state index in [0.29, 0.717) is 25.9 Å². The van der Waals surface area contributed by atoms with E-state index < -0.39 is 12.1 Å². The van der Waals surface area contributed by atoms with Gasteiger partial charge >= 0.3 is 5.97 Å². The Kier molecular flexibility index (Phi) is 63.0. The Bertz CT molecular complexity index is 1210. The zero-order chi connectivity index (χ0) is 54.3. The van der Waals surface area contributed by atoms with Crippen LogP contribution in [0.5, 0.6) is 0 Å². The van der Waals surface area contributed by atoms with E-state index in [4.69, 9.17) is 4.74 Å². The molecule has 0 aromatic carbocycles. The van der Waals surface area contributed by atoms with Gasteiger partial charge in [-0.25, -0.2) is 0 Å². The van der Waals surface area contributed by atoms with E-state index in [2.05, 4.69) is 55.6 Å². The minimum Gasteiger partial charge on any atom is -0.466 e. The van der Waals surface area contributed by atoms with Gasteiger partial charge in [0.2, 0.25) is 5.91 Å². The molecule has 0 saturated carbocycles. The molecule has 0 aliphatic heterocycles. The van der Waals surface area contributed by atoms with Crippen LogP contribution in [0.15, 0.2) is 36.5 Å². The Morgan fingerprint density at radius 3 is 1.05 bits per heavy atom. The summed E-state index contributed by atoms with van der Waals surface area (Å²) in [7, 11) is 0. The van der Waals surface area contributed by atoms with E-state index in [1.807, 2.05) is 0 Å². The highest BCUT2D eigenvalue weighted by Gasteiger charge is 2.20. The van der Waals surface area contributed by atoms with Crippen LogP contribution in [0.3, 0.4) is 0 Å². The molecule has 0 bridgehead atoms. The number of allylic oxidation sites excluding steroid dienone is 6. The predicted molar refractivity (Wildman–Crippen MR) is 329 cm³/mol. The minimum absolute atomic E-state index is 0.0100. The highest BCUT2D eigenvalue weighted by molar-refractivity contribution is 5.76. The van der Waals surface area contributed by atoms with Crippen molar-refractivity contribution >= 4 is 11.9 Å². The fraction of sp³-hybridized carbons (Fsp3) is 0.884. The molecule has 0 aliphatic carbocycles. The first-order chi connectivity index (χ1) is 37.0. The summed E-state index contributed by atoms with van der Waals surface area (Å²) in [5.41, 5.74) is 0. The number of aliphatic hydroxyl groups is 2. The molecule has 75 heavy (non-hydrogen) atoms. The molecule has 6 heteroatoms. The highest BCUT2D eigenvalue weighted by Crippen LogP contribution is 2.18. The molecule has 3 N–H and O–H groups in total. The smallest absolute Gasteiger partial charge is 0.305 e. The maximum absolute atomic E-state index is 12.5. The molecule has 0 rings (SSSR count). The number of carbonyl (C=O) groups excluding carboxylic acids is 2. The lowest BCUT2D eigenvalue weighted by Gasteiger charge is -2.22. The van der Waals surface area contributed by atoms with Gasteiger partial charge in [0, 0.05) is 12.8 Å². The van der Waals surface area contributed by atoms with Crippen molar-refractivity contribution in [2.24, 2.45) is 0 Å². The van der Waals surface area contributed by atoms with Gasteiger partial charge in [-0.15, -0.1) is 0 Å². The molecule has 0 spiro atoms. The first-order valence-electron chi connectivity index (χ1n) is 33.7. The molecule has 0 saturated heterocycles. The normalized spacial score (nSPS) is 12.7. The van der Waals surface area contributed by atoms with Crippen LogP contribution in [0.1, 0.15) is 367 Å². The van der Waals surface area contributed by atoms with E-state index in [0.717, 1.165) is 51.4 Å². The van der Waals surface area contributed by atoms with Crippen molar-refractivity contribution in [3.8, 4) is 0 Å². The third-order valence-corrected chi connectivity index (χ3v) is 15.7. The van der Waals surface area contributed by atoms with E-state index in [-0.39, 0.29) is 18.5 Å². The number of rotatable bonds is 63. The third kappa shape index (κ3) is 61.2. The van der Waals surface area contributed by atoms with Crippen LogP contribution >= 0.6 is 0 Å². The van der Waals surface area contributed by atoms with E-state index >= 15 is 0 Å². The minimum atomic E-state index is -0.666. The van der Waals surface area contributed by atoms with Crippen molar-refractivity contribution in [1.82, 2.24) is 5.32 Å². The summed E-state index contributed by atoms with van der Waals surface area (Å²) in [6, 6.07) is -0.544. The topological polar surface area (TPSA) is 95.9 Å². The lowest BCUT2D eigenvalue weighted by molar-refractivity contribution is -0.143. The summed E-state index contributed by atoms with van der Waals surface area (Å²) < 4.78 is 5.50. The number of nitrogens with one attached hydrogen (secondary N) is 1. The number of hydrogen-bond donors (Lipinski definition) is 3. The van der Waals surface area contributed by atoms with Crippen LogP contribution in [-0.4, -0.2) is 47.4 Å². The summed E-state index contributed by atoms with van der Waals surface area (Å²) in [4.78, 5) is 24.6. The molecule has 0 aromatic heterocycles. The first kappa shape index (κ1) is 73.1. The standard InChI is InChI=1S/C69H131NO5/c1-3-5-7-9-11-13-15-17-19-20-28-32-35-39-43-47-51-55-59-63-69(74)75-64-60-56-52-48-44-40-36-33-30-27-25-23-21-22-24-26-29-31-34-38-42-46-50-54-58-62-68(73)70-66(65-71)67(72)61-57-53-49-45-41-37-18-16-14-12-10-8-6-4-2/h11,13,17,19,22,24,66-67,71-72H,3-10,12,14-16,18,20-21,23,25-65H2,1-2H3,(H,70,73)/b13-11-,19-17-,24-22-. The fourth-order valence-corrected chi connectivity index (χ4v) is 10.5. The van der Waals surface area contributed by atoms with E-state index in [9.17, 15) is 19.8 Å². The number of amides is 1. The number of unbranched alkanes of at least 4 members (excludes halogenated alkanes) is 46. The van der Waals surface area contributed by atoms with Gasteiger partial charge in [-0.05, 0) is 83.5 Å². The summed E-state index contributed by atoms with van der Waals surface area (Å²) >= 11 is 0. The Morgan fingerprint density at radius 2 is 0.667 bits per heavy atom. The van der Waals surface area contributed by atoms with Crippen molar-refractivity contribution in [2.45, 2.75) is 379 Å². The molecule has 2 atom stereocenters. The molecule has 0 heterocycles. The zero-order valence-corrected chi connectivity index (χ0v) is 50.5. The van der Waals surface area contributed by atoms with Crippen LogP contribution in [0.4, 0.5) is 0 Å². The molecule has 0 aliphatic rings. The average molecular weight is 1050 g/mol. The molecule has 1 amide bonds. The monoisotopic (exact) mass is 1050 g/mol. The summed E-state index contributed by atoms with van der Waals surface area (Å²) in [5, 5.41) is 23.3. The second-order valence-corrected chi connectivity index (χ2v) is 23.1. The fourth-order valence-electron chi connectivity index (χ4n) is 10.5. The summed E-state index contributed by atoms with van der Waals surface area (Å²) in [5.74, 6) is -0.0264. The molecule has 0 fully saturated rings. The quantitative estimate of drug-likeness (QED) is 0.0320. The van der Waals surface area contributed by atoms with Crippen LogP contribution in [0, 0.1) is 0 Å². The molecular weight excluding hydrogens is 923 g/mol. The summed E-state index contributed by atoms with van der Waals surface area (Å²) in [6.45, 7) is 4.95. The van der Waals surface area contributed by atoms with Gasteiger partial charge in [0.05, 0.1) is 25.4 Å². The van der Waals surface area contributed by atoms with Gasteiger partial charge in [0.15, 0.2) is 0 Å². The van der Waals surface area contributed by atoms with Gasteiger partial charge in [-0.1, -0.05) is 307 Å². The van der Waals surface area contributed by atoms with Crippen molar-refractivity contribution < 1.29 is 24.5 Å². The number of hydrogen-bond acceptors (Lipinski definition) is 5. The molecular formula is C69H131NO5. The largest absolute Gasteiger partial charge is 0.466 e. The van der Waals surface area contributed by atoms with Gasteiger partial charge in [-0.2, -0.15) is 0 Å². The van der Waals surface area contributed by atoms with Crippen LogP contribution in [0.2, 0.25) is 0 Å². The molecule has 442 valence electrons. The van der Waals surface area contributed by atoms with E-state index in [1.54, 1.807) is 0 Å². The Balaban J connectivity index is 3.38. The number of carbonyl (C=O) groups is 2. The first-order valence-corrected chi connectivity index (χ1v) is 33.7. The van der Waals surface area contributed by atoms with Crippen molar-refractivity contribution in [2.75, 3.05) is 13.2 Å². The maximum atomic E-state index is 12.5. The lowest BCUT2D eigenvalue weighted by Crippen LogP contribution is -2.45. The average Bonchev–Trinajstić information content (AvgIpc) is 3.41. The molecule has 6 nitrogen and oxygen atoms in total. The molecule has 0 radical (unpaired) electrons. The Labute approximate surface area is 468 Å². The predicted octanol–water partition coefficient (Wildman–Crippen LogP) is 21.5. The second kappa shape index (κ2) is 64.6. The number of ether oxygens (including phenoxy) is 1. The summed E-state index contributed by atoms with van der Waals surface area (Å²) in [6.07, 6.45) is 81.7. The van der Waals surface area contributed by atoms with Gasteiger partial charge in [-0.3, -0.25) is 9.59 Å². The lowest BCUT2D eigenvalue weighted by atomic mass is 10.0. The molecule has 2 unspecified atom stereocenters. The van der Waals surface area contributed by atoms with Gasteiger partial charge < -0.3 is 20.3 Å². The second-order valence-electron chi connectivity index (χ2n) is 23.1. The van der Waals surface area contributed by atoms with Crippen molar-refractivity contribution in [3.63, 3.8) is 0 Å². The van der Waals surface area contributed by atoms with Crippen LogP contribution < -0.4 is 5.32 Å². The van der Waals surface area contributed by atoms with Gasteiger partial charge in [0.25, 0.3) is 0 Å². The maximum Gasteiger partial charge on any atom is 0.305 e. The van der Waals surface area contributed by atoms with Crippen LogP contribution in [-0.2, 0) is 14.3 Å². The van der Waals surface area contributed by atoms with Crippen molar-refractivity contribution in [3.05, 3.63) is 36.5 Å². The number of aliphatic hydroxyl groups excluding tert-OH is 2. The SMILES string of the molecule is CCCCC/C=C\C/C=C\CCCCCCCCCCCC(=O)OCCCCCCCCCCCCCC/C=C\CCCCCCCCCCCC(=O)NC(CO)C(O)CCCCCCCCCCCCCCCC. The van der Waals surface area contributed by atoms with Crippen LogP contribution in [0.25, 0.3) is 0 Å². The Morgan fingerprint density at radius 1 is 0.373 bits per heavy atom. The molecule has 0 aromatic rings. The zero-order valence-electron chi connectivity index (χ0n) is 50.5. The third-order valence-electron chi connectivity index (χ3n) is 15.7. The van der Waals surface area contributed by atoms with Gasteiger partial charge in [0.1, 0.15) is 0 Å². The number of esters is 1. The Hall–Kier alpha value is -1.92. The van der Waals surface area contributed by atoms with E-state index in [1.165, 1.54) is 283 Å². The van der Waals surface area contributed by atoms with Crippen molar-refractivity contribution in [1.29, 1.82) is 0 Å². The highest BCUT2D eigenvalue weighted by atomic mass is 16.5.